The van der Waals surface area contributed by atoms with Crippen LogP contribution in [0.3, 0.4) is 0 Å². The van der Waals surface area contributed by atoms with E-state index in [0.717, 1.165) is 10.3 Å². The van der Waals surface area contributed by atoms with Gasteiger partial charge in [0.25, 0.3) is 5.69 Å². The largest absolute Gasteiger partial charge is 0.507 e. The van der Waals surface area contributed by atoms with E-state index in [1.165, 1.54) is 30.3 Å². The minimum atomic E-state index is -0.844. The van der Waals surface area contributed by atoms with Crippen LogP contribution in [0.2, 0.25) is 0 Å². The Balaban J connectivity index is 1.38. The van der Waals surface area contributed by atoms with Gasteiger partial charge in [0.15, 0.2) is 11.6 Å². The van der Waals surface area contributed by atoms with E-state index in [0.29, 0.717) is 16.5 Å². The molecule has 4 aliphatic rings. The third kappa shape index (κ3) is 3.68. The van der Waals surface area contributed by atoms with Gasteiger partial charge in [-0.2, -0.15) is 0 Å². The van der Waals surface area contributed by atoms with Crippen molar-refractivity contribution in [2.75, 3.05) is 4.90 Å². The summed E-state index contributed by atoms with van der Waals surface area (Å²) in [6, 6.07) is 16.3. The number of allylic oxidation sites excluding steroid dienone is 6. The first kappa shape index (κ1) is 26.2. The number of halogens is 1. The van der Waals surface area contributed by atoms with Gasteiger partial charge in [0.2, 0.25) is 11.8 Å². The minimum absolute atomic E-state index is 0.0189. The Labute approximate surface area is 247 Å². The van der Waals surface area contributed by atoms with Crippen LogP contribution in [0.25, 0.3) is 10.8 Å². The fourth-order valence-corrected chi connectivity index (χ4v) is 7.51. The van der Waals surface area contributed by atoms with E-state index in [-0.39, 0.29) is 57.2 Å². The van der Waals surface area contributed by atoms with Gasteiger partial charge in [-0.15, -0.1) is 0 Å². The lowest BCUT2D eigenvalue weighted by Gasteiger charge is -2.42. The predicted octanol–water partition coefficient (Wildman–Crippen LogP) is 5.42. The molecule has 10 heteroatoms. The highest BCUT2D eigenvalue weighted by molar-refractivity contribution is 9.12. The zero-order valence-corrected chi connectivity index (χ0v) is 23.4. The minimum Gasteiger partial charge on any atom is -0.507 e. The van der Waals surface area contributed by atoms with Crippen molar-refractivity contribution in [2.24, 2.45) is 17.8 Å². The number of nitro benzene ring substituents is 1. The number of hydrogen-bond donors (Lipinski definition) is 1. The molecule has 2 amide bonds. The molecule has 0 radical (unpaired) electrons. The van der Waals surface area contributed by atoms with E-state index >= 15 is 0 Å². The summed E-state index contributed by atoms with van der Waals surface area (Å²) in [6.45, 7) is 0. The van der Waals surface area contributed by atoms with E-state index in [2.05, 4.69) is 15.9 Å². The van der Waals surface area contributed by atoms with E-state index in [1.54, 1.807) is 18.2 Å². The molecule has 0 bridgehead atoms. The Morgan fingerprint density at radius 2 is 1.74 bits per heavy atom. The van der Waals surface area contributed by atoms with E-state index in [9.17, 15) is 34.4 Å². The number of rotatable bonds is 3. The number of carbonyl (C=O) groups excluding carboxylic acids is 4. The van der Waals surface area contributed by atoms with E-state index in [1.807, 2.05) is 24.3 Å². The number of nitro groups is 1. The van der Waals surface area contributed by atoms with Crippen LogP contribution in [0.4, 0.5) is 11.4 Å². The second kappa shape index (κ2) is 9.42. The number of non-ortho nitro benzene ring substituents is 1. The number of phenols is 1. The molecule has 1 saturated heterocycles. The summed E-state index contributed by atoms with van der Waals surface area (Å²) in [5.74, 6) is -4.69. The van der Waals surface area contributed by atoms with Crippen LogP contribution in [0.15, 0.2) is 94.0 Å². The highest BCUT2D eigenvalue weighted by Gasteiger charge is 2.57. The van der Waals surface area contributed by atoms with Crippen molar-refractivity contribution in [3.05, 3.63) is 110 Å². The number of carbonyl (C=O) groups is 4. The molecule has 0 aromatic heterocycles. The van der Waals surface area contributed by atoms with Gasteiger partial charge < -0.3 is 5.11 Å². The monoisotopic (exact) mass is 624 g/mol. The highest BCUT2D eigenvalue weighted by Crippen LogP contribution is 2.57. The number of ketones is 2. The molecule has 1 heterocycles. The smallest absolute Gasteiger partial charge is 0.271 e. The lowest BCUT2D eigenvalue weighted by molar-refractivity contribution is -0.384. The quantitative estimate of drug-likeness (QED) is 0.135. The average molecular weight is 625 g/mol. The third-order valence-corrected chi connectivity index (χ3v) is 9.46. The van der Waals surface area contributed by atoms with Crippen molar-refractivity contribution < 1.29 is 29.2 Å². The predicted molar refractivity (Wildman–Crippen MR) is 156 cm³/mol. The number of phenolic OH excluding ortho intramolecular Hbond substituents is 1. The number of anilines is 1. The van der Waals surface area contributed by atoms with Gasteiger partial charge in [-0.1, -0.05) is 54.1 Å². The number of amides is 2. The van der Waals surface area contributed by atoms with Crippen LogP contribution in [0.5, 0.6) is 5.75 Å². The summed E-state index contributed by atoms with van der Waals surface area (Å²) in [6.07, 6.45) is 3.39. The second-order valence-electron chi connectivity index (χ2n) is 10.9. The molecule has 3 aromatic carbocycles. The normalized spacial score (nSPS) is 25.2. The van der Waals surface area contributed by atoms with Gasteiger partial charge in [0, 0.05) is 46.2 Å². The van der Waals surface area contributed by atoms with Crippen LogP contribution in [0, 0.1) is 27.9 Å². The molecule has 1 fully saturated rings. The Hall–Kier alpha value is -4.70. The molecule has 1 aliphatic heterocycles. The van der Waals surface area contributed by atoms with Gasteiger partial charge >= 0.3 is 0 Å². The lowest BCUT2D eigenvalue weighted by Crippen LogP contribution is -2.39. The second-order valence-corrected chi connectivity index (χ2v) is 11.8. The van der Waals surface area contributed by atoms with Gasteiger partial charge in [-0.25, -0.2) is 4.90 Å². The maximum Gasteiger partial charge on any atom is 0.271 e. The Bertz CT molecular complexity index is 1910. The molecule has 0 spiro atoms. The van der Waals surface area contributed by atoms with E-state index < -0.39 is 40.4 Å². The first-order chi connectivity index (χ1) is 20.2. The number of hydrogen-bond acceptors (Lipinski definition) is 7. The summed E-state index contributed by atoms with van der Waals surface area (Å²) in [7, 11) is 0. The average Bonchev–Trinajstić information content (AvgIpc) is 3.25. The molecular formula is C32H21BrN2O7. The standard InChI is InChI=1S/C32H21BrN2O7/c33-24-14-25(36)28-23(30(24)38)13-22-19(26(28)20-9-8-15-4-1-2-7-18(15)29(20)37)10-11-21-27(22)32(40)34(31(21)39)16-5-3-6-17(12-16)35(41)42/h1-10,12,14,21-22,26-27,37H,11,13H2/t21-,22+,26+,27-/m0/s1. The number of imide groups is 1. The Kier molecular flexibility index (Phi) is 5.88. The number of fused-ring (bicyclic) bond motifs is 4. The summed E-state index contributed by atoms with van der Waals surface area (Å²) < 4.78 is 0.111. The van der Waals surface area contributed by atoms with Crippen LogP contribution in [-0.4, -0.2) is 33.4 Å². The molecule has 0 unspecified atom stereocenters. The maximum atomic E-state index is 14.0. The first-order valence-electron chi connectivity index (χ1n) is 13.4. The van der Waals surface area contributed by atoms with E-state index in [4.69, 9.17) is 0 Å². The fraction of sp³-hybridized carbons (Fsp3) is 0.188. The number of aromatic hydroxyl groups is 1. The van der Waals surface area contributed by atoms with Crippen molar-refractivity contribution >= 4 is 61.5 Å². The molecule has 1 N–H and O–H groups in total. The molecule has 3 aliphatic carbocycles. The first-order valence-corrected chi connectivity index (χ1v) is 14.2. The molecule has 4 atom stereocenters. The maximum absolute atomic E-state index is 14.0. The van der Waals surface area contributed by atoms with Gasteiger partial charge in [0.1, 0.15) is 5.75 Å². The Morgan fingerprint density at radius 3 is 2.52 bits per heavy atom. The van der Waals surface area contributed by atoms with Crippen LogP contribution < -0.4 is 4.90 Å². The SMILES string of the molecule is O=C1C=C(Br)C(=O)C2=C1[C@@H](c1ccc3ccccc3c1O)C1=CC[C@@H]3C(=O)N(c4cccc([N+](=O)[O-])c4)C(=O)[C@@H]3[C@@H]1C2. The van der Waals surface area contributed by atoms with Crippen molar-refractivity contribution in [1.29, 1.82) is 0 Å². The summed E-state index contributed by atoms with van der Waals surface area (Å²) in [4.78, 5) is 66.4. The van der Waals surface area contributed by atoms with Crippen molar-refractivity contribution in [2.45, 2.75) is 18.8 Å². The molecule has 0 saturated carbocycles. The molecular weight excluding hydrogens is 604 g/mol. The van der Waals surface area contributed by atoms with Gasteiger partial charge in [-0.3, -0.25) is 29.3 Å². The van der Waals surface area contributed by atoms with Crippen molar-refractivity contribution in [3.63, 3.8) is 0 Å². The molecule has 9 nitrogen and oxygen atoms in total. The topological polar surface area (TPSA) is 135 Å². The van der Waals surface area contributed by atoms with Crippen LogP contribution >= 0.6 is 15.9 Å². The van der Waals surface area contributed by atoms with Crippen molar-refractivity contribution in [1.82, 2.24) is 0 Å². The number of Topliss-reactive ketones (excluding diaryl/α,β-unsaturated/α-hetero) is 1. The Morgan fingerprint density at radius 1 is 0.952 bits per heavy atom. The summed E-state index contributed by atoms with van der Waals surface area (Å²) in [5.41, 5.74) is 1.53. The zero-order valence-electron chi connectivity index (χ0n) is 21.8. The van der Waals surface area contributed by atoms with Crippen molar-refractivity contribution in [3.8, 4) is 5.75 Å². The van der Waals surface area contributed by atoms with Gasteiger partial charge in [0.05, 0.1) is 26.9 Å². The summed E-state index contributed by atoms with van der Waals surface area (Å²) in [5, 5.41) is 24.2. The number of nitrogens with zero attached hydrogens (tertiary/aromatic N) is 2. The zero-order chi connectivity index (χ0) is 29.4. The highest BCUT2D eigenvalue weighted by atomic mass is 79.9. The molecule has 3 aromatic rings. The van der Waals surface area contributed by atoms with Crippen LogP contribution in [0.1, 0.15) is 24.3 Å². The van der Waals surface area contributed by atoms with Crippen LogP contribution in [-0.2, 0) is 19.2 Å². The molecule has 42 heavy (non-hydrogen) atoms. The summed E-state index contributed by atoms with van der Waals surface area (Å²) >= 11 is 3.21. The third-order valence-electron chi connectivity index (χ3n) is 8.87. The fourth-order valence-electron chi connectivity index (χ4n) is 7.07. The lowest BCUT2D eigenvalue weighted by atomic mass is 9.59. The van der Waals surface area contributed by atoms with Gasteiger partial charge in [-0.05, 0) is 46.1 Å². The molecule has 7 rings (SSSR count). The number of benzene rings is 3. The molecule has 208 valence electrons.